The van der Waals surface area contributed by atoms with Crippen LogP contribution >= 0.6 is 34.8 Å². The maximum atomic E-state index is 5.83. The van der Waals surface area contributed by atoms with Gasteiger partial charge in [0, 0.05) is 13.0 Å². The minimum atomic E-state index is -1.31. The Morgan fingerprint density at radius 1 is 1.19 bits per heavy atom. The average Bonchev–Trinajstić information content (AvgIpc) is 2.17. The van der Waals surface area contributed by atoms with E-state index < -0.39 is 10.1 Å². The van der Waals surface area contributed by atoms with Gasteiger partial charge in [-0.25, -0.2) is 0 Å². The normalized spacial score (nSPS) is 21.0. The van der Waals surface area contributed by atoms with Crippen molar-refractivity contribution in [2.24, 2.45) is 0 Å². The van der Waals surface area contributed by atoms with E-state index in [1.807, 2.05) is 6.92 Å². The molecule has 1 atom stereocenters. The molecule has 1 fully saturated rings. The van der Waals surface area contributed by atoms with E-state index in [0.717, 1.165) is 12.8 Å². The molecule has 0 amide bonds. The van der Waals surface area contributed by atoms with Crippen LogP contribution in [-0.4, -0.2) is 22.8 Å². The number of halogens is 3. The first-order chi connectivity index (χ1) is 7.51. The second-order valence-corrected chi connectivity index (χ2v) is 6.62. The van der Waals surface area contributed by atoms with Gasteiger partial charge in [-0.05, 0) is 19.8 Å². The number of rotatable bonds is 5. The molecule has 1 unspecified atom stereocenters. The van der Waals surface area contributed by atoms with Crippen LogP contribution in [0.5, 0.6) is 0 Å². The highest BCUT2D eigenvalue weighted by atomic mass is 35.6. The predicted octanol–water partition coefficient (Wildman–Crippen LogP) is 4.46. The molecule has 0 bridgehead atoms. The molecule has 5 heteroatoms. The van der Waals surface area contributed by atoms with Crippen molar-refractivity contribution in [1.82, 2.24) is 0 Å². The summed E-state index contributed by atoms with van der Waals surface area (Å²) in [5.74, 6) is 0. The second kappa shape index (κ2) is 7.27. The number of hydrogen-bond acceptors (Lipinski definition) is 2. The summed E-state index contributed by atoms with van der Waals surface area (Å²) in [7, 11) is 0. The highest BCUT2D eigenvalue weighted by Gasteiger charge is 2.28. The van der Waals surface area contributed by atoms with Crippen molar-refractivity contribution < 1.29 is 9.47 Å². The fourth-order valence-electron chi connectivity index (χ4n) is 1.94. The van der Waals surface area contributed by atoms with Crippen LogP contribution in [0, 0.1) is 0 Å². The van der Waals surface area contributed by atoms with Gasteiger partial charge in [0.05, 0.1) is 6.10 Å². The number of ether oxygens (including phenoxy) is 2. The Bertz CT molecular complexity index is 188. The topological polar surface area (TPSA) is 18.5 Å². The van der Waals surface area contributed by atoms with Crippen molar-refractivity contribution in [3.63, 3.8) is 0 Å². The van der Waals surface area contributed by atoms with Gasteiger partial charge in [-0.2, -0.15) is 0 Å². The molecule has 0 aliphatic heterocycles. The van der Waals surface area contributed by atoms with Gasteiger partial charge in [-0.3, -0.25) is 0 Å². The van der Waals surface area contributed by atoms with Gasteiger partial charge in [0.15, 0.2) is 10.1 Å². The quantitative estimate of drug-likeness (QED) is 0.549. The van der Waals surface area contributed by atoms with E-state index in [1.54, 1.807) is 0 Å². The van der Waals surface area contributed by atoms with E-state index in [4.69, 9.17) is 44.3 Å². The van der Waals surface area contributed by atoms with Gasteiger partial charge in [0.2, 0.25) is 0 Å². The SMILES string of the molecule is CCOC(CC(Cl)(Cl)Cl)OC1CCCCC1. The standard InChI is InChI=1S/C11H19Cl3O2/c1-2-15-10(8-11(12,13)14)16-9-6-4-3-5-7-9/h9-10H,2-8H2,1H3. The zero-order valence-electron chi connectivity index (χ0n) is 9.55. The molecule has 0 N–H and O–H groups in total. The molecule has 0 radical (unpaired) electrons. The lowest BCUT2D eigenvalue weighted by Crippen LogP contribution is -2.29. The summed E-state index contributed by atoms with van der Waals surface area (Å²) >= 11 is 17.3. The van der Waals surface area contributed by atoms with Crippen molar-refractivity contribution in [2.45, 2.75) is 61.6 Å². The summed E-state index contributed by atoms with van der Waals surface area (Å²) in [6.07, 6.45) is 6.05. The second-order valence-electron chi connectivity index (χ2n) is 4.10. The highest BCUT2D eigenvalue weighted by molar-refractivity contribution is 6.67. The maximum absolute atomic E-state index is 5.83. The minimum Gasteiger partial charge on any atom is -0.353 e. The molecule has 2 nitrogen and oxygen atoms in total. The lowest BCUT2D eigenvalue weighted by Gasteiger charge is -2.28. The maximum Gasteiger partial charge on any atom is 0.195 e. The van der Waals surface area contributed by atoms with E-state index in [2.05, 4.69) is 0 Å². The molecule has 16 heavy (non-hydrogen) atoms. The van der Waals surface area contributed by atoms with Crippen LogP contribution in [0.1, 0.15) is 45.4 Å². The highest BCUT2D eigenvalue weighted by Crippen LogP contribution is 2.33. The molecule has 0 aromatic carbocycles. The summed E-state index contributed by atoms with van der Waals surface area (Å²) in [5.41, 5.74) is 0. The molecule has 1 saturated carbocycles. The Morgan fingerprint density at radius 3 is 2.31 bits per heavy atom. The van der Waals surface area contributed by atoms with Gasteiger partial charge < -0.3 is 9.47 Å². The van der Waals surface area contributed by atoms with Gasteiger partial charge >= 0.3 is 0 Å². The molecule has 1 aliphatic rings. The molecule has 0 aromatic heterocycles. The fraction of sp³-hybridized carbons (Fsp3) is 1.00. The Morgan fingerprint density at radius 2 is 1.81 bits per heavy atom. The van der Waals surface area contributed by atoms with Crippen molar-refractivity contribution in [2.75, 3.05) is 6.61 Å². The van der Waals surface area contributed by atoms with Gasteiger partial charge in [-0.1, -0.05) is 54.1 Å². The molecule has 0 saturated heterocycles. The summed E-state index contributed by atoms with van der Waals surface area (Å²) in [4.78, 5) is 0. The number of hydrogen-bond donors (Lipinski definition) is 0. The molecule has 0 spiro atoms. The third-order valence-electron chi connectivity index (χ3n) is 2.65. The van der Waals surface area contributed by atoms with E-state index >= 15 is 0 Å². The van der Waals surface area contributed by atoms with Crippen molar-refractivity contribution in [3.05, 3.63) is 0 Å². The van der Waals surface area contributed by atoms with Crippen LogP contribution in [0.2, 0.25) is 0 Å². The van der Waals surface area contributed by atoms with Crippen molar-refractivity contribution in [3.8, 4) is 0 Å². The predicted molar refractivity (Wildman–Crippen MR) is 68.3 cm³/mol. The monoisotopic (exact) mass is 288 g/mol. The van der Waals surface area contributed by atoms with E-state index in [-0.39, 0.29) is 12.5 Å². The molecular weight excluding hydrogens is 270 g/mol. The summed E-state index contributed by atoms with van der Waals surface area (Å²) in [5, 5.41) is 0. The van der Waals surface area contributed by atoms with Crippen LogP contribution < -0.4 is 0 Å². The van der Waals surface area contributed by atoms with Gasteiger partial charge in [0.1, 0.15) is 0 Å². The average molecular weight is 290 g/mol. The van der Waals surface area contributed by atoms with Crippen LogP contribution in [0.25, 0.3) is 0 Å². The first-order valence-electron chi connectivity index (χ1n) is 5.85. The van der Waals surface area contributed by atoms with E-state index in [0.29, 0.717) is 6.61 Å². The zero-order valence-corrected chi connectivity index (χ0v) is 11.8. The van der Waals surface area contributed by atoms with Gasteiger partial charge in [0.25, 0.3) is 0 Å². The minimum absolute atomic E-state index is 0.262. The molecule has 0 aromatic rings. The Kier molecular flexibility index (Phi) is 6.75. The third-order valence-corrected chi connectivity index (χ3v) is 3.11. The van der Waals surface area contributed by atoms with E-state index in [1.165, 1.54) is 19.3 Å². The number of alkyl halides is 3. The fourth-order valence-corrected chi connectivity index (χ4v) is 2.32. The van der Waals surface area contributed by atoms with Crippen LogP contribution in [-0.2, 0) is 9.47 Å². The first-order valence-corrected chi connectivity index (χ1v) is 6.98. The van der Waals surface area contributed by atoms with Gasteiger partial charge in [-0.15, -0.1) is 0 Å². The zero-order chi connectivity index (χ0) is 12.0. The van der Waals surface area contributed by atoms with Crippen LogP contribution in [0.15, 0.2) is 0 Å². The van der Waals surface area contributed by atoms with E-state index in [9.17, 15) is 0 Å². The largest absolute Gasteiger partial charge is 0.353 e. The Hall–Kier alpha value is 0.790. The summed E-state index contributed by atoms with van der Waals surface area (Å²) in [6, 6.07) is 0. The molecular formula is C11H19Cl3O2. The Labute approximate surface area is 113 Å². The van der Waals surface area contributed by atoms with Crippen molar-refractivity contribution >= 4 is 34.8 Å². The first kappa shape index (κ1) is 14.8. The molecule has 96 valence electrons. The summed E-state index contributed by atoms with van der Waals surface area (Å²) < 4.78 is 9.97. The van der Waals surface area contributed by atoms with Crippen LogP contribution in [0.3, 0.4) is 0 Å². The summed E-state index contributed by atoms with van der Waals surface area (Å²) in [6.45, 7) is 2.48. The Balaban J connectivity index is 2.36. The smallest absolute Gasteiger partial charge is 0.195 e. The lowest BCUT2D eigenvalue weighted by atomic mass is 9.98. The molecule has 0 heterocycles. The van der Waals surface area contributed by atoms with Crippen LogP contribution in [0.4, 0.5) is 0 Å². The molecule has 1 aliphatic carbocycles. The molecule has 1 rings (SSSR count). The van der Waals surface area contributed by atoms with Crippen molar-refractivity contribution in [1.29, 1.82) is 0 Å². The lowest BCUT2D eigenvalue weighted by molar-refractivity contribution is -0.176. The third kappa shape index (κ3) is 6.51.